The van der Waals surface area contributed by atoms with Gasteiger partial charge in [-0.15, -0.1) is 11.3 Å². The van der Waals surface area contributed by atoms with Crippen molar-refractivity contribution in [1.29, 1.82) is 5.41 Å². The zero-order valence-corrected chi connectivity index (χ0v) is 23.2. The van der Waals surface area contributed by atoms with Gasteiger partial charge in [0.1, 0.15) is 5.82 Å². The third kappa shape index (κ3) is 5.45. The van der Waals surface area contributed by atoms with Crippen molar-refractivity contribution in [2.24, 2.45) is 11.5 Å². The van der Waals surface area contributed by atoms with Gasteiger partial charge >= 0.3 is 6.03 Å². The summed E-state index contributed by atoms with van der Waals surface area (Å²) in [5.74, 6) is 0.470. The Bertz CT molecular complexity index is 1690. The summed E-state index contributed by atoms with van der Waals surface area (Å²) in [7, 11) is 0. The van der Waals surface area contributed by atoms with E-state index in [0.29, 0.717) is 30.2 Å². The molecule has 0 spiro atoms. The van der Waals surface area contributed by atoms with Crippen molar-refractivity contribution < 1.29 is 4.79 Å². The molecule has 0 bridgehead atoms. The topological polar surface area (TPSA) is 135 Å². The summed E-state index contributed by atoms with van der Waals surface area (Å²) in [6, 6.07) is 22.9. The fraction of sp³-hybridized carbons (Fsp3) is 0.156. The molecule has 0 fully saturated rings. The average Bonchev–Trinajstić information content (AvgIpc) is 3.40. The Morgan fingerprint density at radius 1 is 0.950 bits per heavy atom. The lowest BCUT2D eigenvalue weighted by atomic mass is 9.98. The highest BCUT2D eigenvalue weighted by Gasteiger charge is 2.18. The third-order valence-corrected chi connectivity index (χ3v) is 7.91. The van der Waals surface area contributed by atoms with Crippen LogP contribution in [0.15, 0.2) is 84.4 Å². The smallest absolute Gasteiger partial charge is 0.323 e. The van der Waals surface area contributed by atoms with Gasteiger partial charge in [0.25, 0.3) is 0 Å². The molecule has 0 atom stereocenters. The van der Waals surface area contributed by atoms with E-state index in [9.17, 15) is 4.79 Å². The lowest BCUT2D eigenvalue weighted by Crippen LogP contribution is -2.31. The normalized spacial score (nSPS) is 11.1. The van der Waals surface area contributed by atoms with Crippen molar-refractivity contribution in [1.82, 2.24) is 4.98 Å². The number of anilines is 3. The summed E-state index contributed by atoms with van der Waals surface area (Å²) >= 11 is 1.63. The first-order valence-corrected chi connectivity index (χ1v) is 14.1. The minimum atomic E-state index is -0.576. The first-order valence-electron chi connectivity index (χ1n) is 13.2. The van der Waals surface area contributed by atoms with Crippen LogP contribution in [0.4, 0.5) is 22.0 Å². The fourth-order valence-corrected chi connectivity index (χ4v) is 6.11. The molecule has 2 heterocycles. The maximum Gasteiger partial charge on any atom is 0.323 e. The number of primary amides is 1. The van der Waals surface area contributed by atoms with E-state index >= 15 is 0 Å². The molecule has 5 aromatic rings. The van der Waals surface area contributed by atoms with E-state index in [0.717, 1.165) is 62.0 Å². The van der Waals surface area contributed by atoms with E-state index in [1.165, 1.54) is 4.90 Å². The Kier molecular flexibility index (Phi) is 7.91. The SMILES string of the molecule is CCCC(=N)Cc1cccc(-c2cnc(N)c3c(-c4ccc(N(C(N)=O)c5cccc(CN)c5)cc4)csc23)c1. The molecular formula is C32H32N6OS. The van der Waals surface area contributed by atoms with Gasteiger partial charge in [-0.05, 0) is 58.3 Å². The van der Waals surface area contributed by atoms with Crippen LogP contribution >= 0.6 is 11.3 Å². The zero-order chi connectivity index (χ0) is 28.2. The Labute approximate surface area is 237 Å². The number of fused-ring (bicyclic) bond motifs is 1. The number of hydrogen-bond acceptors (Lipinski definition) is 6. The molecule has 7 nitrogen and oxygen atoms in total. The zero-order valence-electron chi connectivity index (χ0n) is 22.4. The van der Waals surface area contributed by atoms with Crippen molar-refractivity contribution in [2.45, 2.75) is 32.7 Å². The summed E-state index contributed by atoms with van der Waals surface area (Å²) in [5, 5.41) is 11.2. The highest BCUT2D eigenvalue weighted by molar-refractivity contribution is 7.18. The van der Waals surface area contributed by atoms with Crippen LogP contribution in [-0.2, 0) is 13.0 Å². The van der Waals surface area contributed by atoms with E-state index < -0.39 is 6.03 Å². The molecule has 0 saturated heterocycles. The van der Waals surface area contributed by atoms with Gasteiger partial charge in [-0.1, -0.05) is 61.9 Å². The van der Waals surface area contributed by atoms with E-state index in [-0.39, 0.29) is 0 Å². The molecule has 8 heteroatoms. The van der Waals surface area contributed by atoms with Crippen molar-refractivity contribution in [3.8, 4) is 22.3 Å². The fourth-order valence-electron chi connectivity index (χ4n) is 4.99. The van der Waals surface area contributed by atoms with Gasteiger partial charge in [0, 0.05) is 46.1 Å². The Morgan fingerprint density at radius 2 is 1.70 bits per heavy atom. The van der Waals surface area contributed by atoms with Crippen molar-refractivity contribution in [2.75, 3.05) is 10.6 Å². The Hall–Kier alpha value is -4.53. The molecule has 0 aliphatic rings. The average molecular weight is 549 g/mol. The van der Waals surface area contributed by atoms with Gasteiger partial charge in [-0.25, -0.2) is 9.78 Å². The number of nitrogen functional groups attached to an aromatic ring is 1. The molecule has 0 aliphatic carbocycles. The molecule has 40 heavy (non-hydrogen) atoms. The number of carbonyl (C=O) groups excluding carboxylic acids is 1. The largest absolute Gasteiger partial charge is 0.383 e. The van der Waals surface area contributed by atoms with Crippen molar-refractivity contribution in [3.05, 3.63) is 95.5 Å². The standard InChI is InChI=1S/C32H32N6OS/c1-2-5-24(34)15-20-6-3-8-23(14-20)27-18-37-31(35)29-28(19-40-30(27)29)22-10-12-25(13-11-22)38(32(36)39)26-9-4-7-21(16-26)17-33/h3-4,6-14,16,18-19,34H,2,5,15,17,33H2,1H3,(H2,35,37)(H2,36,39). The molecule has 2 aromatic heterocycles. The quantitative estimate of drug-likeness (QED) is 0.144. The molecular weight excluding hydrogens is 516 g/mol. The number of carbonyl (C=O) groups is 1. The predicted octanol–water partition coefficient (Wildman–Crippen LogP) is 7.25. The summed E-state index contributed by atoms with van der Waals surface area (Å²) in [6.45, 7) is 2.47. The van der Waals surface area contributed by atoms with Gasteiger partial charge in [-0.2, -0.15) is 0 Å². The number of pyridine rings is 1. The van der Waals surface area contributed by atoms with E-state index in [4.69, 9.17) is 22.6 Å². The second-order valence-electron chi connectivity index (χ2n) is 9.74. The van der Waals surface area contributed by atoms with E-state index in [1.807, 2.05) is 60.8 Å². The molecule has 2 amide bonds. The van der Waals surface area contributed by atoms with E-state index in [1.54, 1.807) is 11.3 Å². The summed E-state index contributed by atoms with van der Waals surface area (Å²) in [6.07, 6.45) is 4.26. The second-order valence-corrected chi connectivity index (χ2v) is 10.6. The van der Waals surface area contributed by atoms with Crippen molar-refractivity contribution in [3.63, 3.8) is 0 Å². The molecule has 0 unspecified atom stereocenters. The highest BCUT2D eigenvalue weighted by Crippen LogP contribution is 2.42. The highest BCUT2D eigenvalue weighted by atomic mass is 32.1. The number of nitrogens with zero attached hydrogens (tertiary/aromatic N) is 2. The number of urea groups is 1. The van der Waals surface area contributed by atoms with Crippen LogP contribution in [0.3, 0.4) is 0 Å². The number of hydrogen-bond donors (Lipinski definition) is 4. The van der Waals surface area contributed by atoms with Crippen LogP contribution in [0.2, 0.25) is 0 Å². The second kappa shape index (κ2) is 11.7. The maximum atomic E-state index is 12.4. The number of nitrogens with two attached hydrogens (primary N) is 3. The Balaban J connectivity index is 1.50. The first kappa shape index (κ1) is 27.1. The van der Waals surface area contributed by atoms with Gasteiger partial charge in [0.15, 0.2) is 0 Å². The summed E-state index contributed by atoms with van der Waals surface area (Å²) in [4.78, 5) is 18.4. The van der Waals surface area contributed by atoms with Gasteiger partial charge in [0.2, 0.25) is 0 Å². The number of benzene rings is 3. The molecule has 202 valence electrons. The molecule has 0 aliphatic heterocycles. The monoisotopic (exact) mass is 548 g/mol. The van der Waals surface area contributed by atoms with Gasteiger partial charge in [-0.3, -0.25) is 4.90 Å². The van der Waals surface area contributed by atoms with E-state index in [2.05, 4.69) is 35.5 Å². The Morgan fingerprint density at radius 3 is 2.42 bits per heavy atom. The summed E-state index contributed by atoms with van der Waals surface area (Å²) < 4.78 is 1.06. The first-order chi connectivity index (χ1) is 19.4. The lowest BCUT2D eigenvalue weighted by molar-refractivity contribution is 0.256. The molecule has 5 rings (SSSR count). The number of thiophene rings is 1. The van der Waals surface area contributed by atoms with Crippen LogP contribution in [-0.4, -0.2) is 16.7 Å². The number of aromatic nitrogens is 1. The molecule has 7 N–H and O–H groups in total. The number of nitrogens with one attached hydrogen (secondary N) is 1. The number of amides is 2. The third-order valence-electron chi connectivity index (χ3n) is 6.89. The predicted molar refractivity (Wildman–Crippen MR) is 167 cm³/mol. The van der Waals surface area contributed by atoms with Crippen LogP contribution in [0.25, 0.3) is 32.3 Å². The number of rotatable bonds is 9. The molecule has 0 radical (unpaired) electrons. The molecule has 3 aromatic carbocycles. The summed E-state index contributed by atoms with van der Waals surface area (Å²) in [5.41, 5.74) is 26.1. The maximum absolute atomic E-state index is 12.4. The van der Waals surface area contributed by atoms with Crippen LogP contribution in [0.5, 0.6) is 0 Å². The van der Waals surface area contributed by atoms with Crippen molar-refractivity contribution >= 4 is 50.4 Å². The minimum Gasteiger partial charge on any atom is -0.383 e. The van der Waals surface area contributed by atoms with Crippen LogP contribution in [0.1, 0.15) is 30.9 Å². The van der Waals surface area contributed by atoms with Crippen LogP contribution in [0, 0.1) is 5.41 Å². The minimum absolute atomic E-state index is 0.370. The van der Waals surface area contributed by atoms with Gasteiger partial charge in [0.05, 0.1) is 11.4 Å². The lowest BCUT2D eigenvalue weighted by Gasteiger charge is -2.21. The molecule has 0 saturated carbocycles. The van der Waals surface area contributed by atoms with Gasteiger partial charge < -0.3 is 22.6 Å². The van der Waals surface area contributed by atoms with Crippen LogP contribution < -0.4 is 22.1 Å².